The Labute approximate surface area is 137 Å². The van der Waals surface area contributed by atoms with E-state index in [0.29, 0.717) is 27.8 Å². The van der Waals surface area contributed by atoms with E-state index in [0.717, 1.165) is 12.8 Å². The van der Waals surface area contributed by atoms with Gasteiger partial charge in [0.15, 0.2) is 0 Å². The van der Waals surface area contributed by atoms with Gasteiger partial charge in [-0.1, -0.05) is 36.0 Å². The molecule has 2 rings (SSSR count). The molecule has 0 bridgehead atoms. The van der Waals surface area contributed by atoms with E-state index in [-0.39, 0.29) is 11.7 Å². The summed E-state index contributed by atoms with van der Waals surface area (Å²) in [4.78, 5) is 24.1. The molecular weight excluding hydrogens is 333 g/mol. The zero-order valence-electron chi connectivity index (χ0n) is 11.2. The van der Waals surface area contributed by atoms with Crippen molar-refractivity contribution in [3.05, 3.63) is 28.2 Å². The van der Waals surface area contributed by atoms with Crippen LogP contribution in [0, 0.1) is 0 Å². The number of thioether (sulfide) groups is 1. The second-order valence-electron chi connectivity index (χ2n) is 5.01. The molecule has 1 amide bonds. The molecular formula is C14H15Cl2NO3S. The summed E-state index contributed by atoms with van der Waals surface area (Å²) in [6, 6.07) is 5.02. The van der Waals surface area contributed by atoms with Crippen LogP contribution in [0.2, 0.25) is 10.0 Å². The minimum atomic E-state index is -1.10. The number of nitrogens with one attached hydrogen (secondary N) is 1. The number of carboxylic acids is 1. The lowest BCUT2D eigenvalue weighted by Crippen LogP contribution is -2.53. The third-order valence-corrected chi connectivity index (χ3v) is 5.23. The highest BCUT2D eigenvalue weighted by Crippen LogP contribution is 2.32. The average Bonchev–Trinajstić information content (AvgIpc) is 2.89. The Morgan fingerprint density at radius 3 is 2.57 bits per heavy atom. The van der Waals surface area contributed by atoms with E-state index >= 15 is 0 Å². The number of carboxylic acid groups (broad SMARTS) is 1. The van der Waals surface area contributed by atoms with Gasteiger partial charge in [0.25, 0.3) is 0 Å². The quantitative estimate of drug-likeness (QED) is 0.798. The number of halogens is 2. The summed E-state index contributed by atoms with van der Waals surface area (Å²) < 4.78 is 0. The highest BCUT2D eigenvalue weighted by Gasteiger charge is 2.42. The largest absolute Gasteiger partial charge is 0.480 e. The molecule has 21 heavy (non-hydrogen) atoms. The van der Waals surface area contributed by atoms with Crippen LogP contribution in [0.4, 0.5) is 0 Å². The number of aliphatic carboxylic acids is 1. The van der Waals surface area contributed by atoms with Crippen LogP contribution in [-0.4, -0.2) is 28.3 Å². The van der Waals surface area contributed by atoms with Crippen molar-refractivity contribution >= 4 is 46.8 Å². The SMILES string of the molecule is O=C(CSc1cc(Cl)ccc1Cl)NC1(C(=O)O)CCCC1. The fourth-order valence-corrected chi connectivity index (χ4v) is 3.70. The molecule has 1 aliphatic carbocycles. The van der Waals surface area contributed by atoms with Crippen molar-refractivity contribution in [2.45, 2.75) is 36.1 Å². The molecule has 1 fully saturated rings. The highest BCUT2D eigenvalue weighted by atomic mass is 35.5. The van der Waals surface area contributed by atoms with E-state index in [1.807, 2.05) is 0 Å². The minimum Gasteiger partial charge on any atom is -0.480 e. The lowest BCUT2D eigenvalue weighted by Gasteiger charge is -2.25. The topological polar surface area (TPSA) is 66.4 Å². The molecule has 0 aliphatic heterocycles. The number of carbonyl (C=O) groups excluding carboxylic acids is 1. The smallest absolute Gasteiger partial charge is 0.329 e. The zero-order chi connectivity index (χ0) is 15.5. The van der Waals surface area contributed by atoms with E-state index in [2.05, 4.69) is 5.32 Å². The van der Waals surface area contributed by atoms with Crippen LogP contribution in [0.1, 0.15) is 25.7 Å². The third kappa shape index (κ3) is 4.05. The molecule has 4 nitrogen and oxygen atoms in total. The number of benzene rings is 1. The zero-order valence-corrected chi connectivity index (χ0v) is 13.5. The second-order valence-corrected chi connectivity index (χ2v) is 6.87. The van der Waals surface area contributed by atoms with Gasteiger partial charge in [-0.05, 0) is 31.0 Å². The molecule has 1 aromatic carbocycles. The van der Waals surface area contributed by atoms with Crippen LogP contribution in [0.5, 0.6) is 0 Å². The van der Waals surface area contributed by atoms with Crippen LogP contribution >= 0.6 is 35.0 Å². The van der Waals surface area contributed by atoms with E-state index < -0.39 is 11.5 Å². The van der Waals surface area contributed by atoms with Crippen molar-refractivity contribution in [3.63, 3.8) is 0 Å². The first kappa shape index (κ1) is 16.5. The monoisotopic (exact) mass is 347 g/mol. The number of hydrogen-bond acceptors (Lipinski definition) is 3. The van der Waals surface area contributed by atoms with Crippen molar-refractivity contribution in [2.24, 2.45) is 0 Å². The summed E-state index contributed by atoms with van der Waals surface area (Å²) in [5.41, 5.74) is -1.10. The van der Waals surface area contributed by atoms with Crippen LogP contribution in [-0.2, 0) is 9.59 Å². The lowest BCUT2D eigenvalue weighted by molar-refractivity contribution is -0.147. The molecule has 0 saturated heterocycles. The third-order valence-electron chi connectivity index (χ3n) is 3.50. The Hall–Kier alpha value is -0.910. The van der Waals surface area contributed by atoms with Gasteiger partial charge in [-0.15, -0.1) is 11.8 Å². The predicted octanol–water partition coefficient (Wildman–Crippen LogP) is 3.60. The fourth-order valence-electron chi connectivity index (χ4n) is 2.40. The molecule has 1 aliphatic rings. The van der Waals surface area contributed by atoms with E-state index in [4.69, 9.17) is 23.2 Å². The number of hydrogen-bond donors (Lipinski definition) is 2. The van der Waals surface area contributed by atoms with E-state index in [1.165, 1.54) is 11.8 Å². The highest BCUT2D eigenvalue weighted by molar-refractivity contribution is 8.00. The maximum atomic E-state index is 12.0. The van der Waals surface area contributed by atoms with Gasteiger partial charge in [0.1, 0.15) is 5.54 Å². The Bertz CT molecular complexity index is 559. The van der Waals surface area contributed by atoms with Gasteiger partial charge in [0, 0.05) is 9.92 Å². The summed E-state index contributed by atoms with van der Waals surface area (Å²) in [6.45, 7) is 0. The van der Waals surface area contributed by atoms with Gasteiger partial charge in [0.2, 0.25) is 5.91 Å². The van der Waals surface area contributed by atoms with Gasteiger partial charge in [0.05, 0.1) is 10.8 Å². The van der Waals surface area contributed by atoms with Crippen molar-refractivity contribution in [2.75, 3.05) is 5.75 Å². The standard InChI is InChI=1S/C14H15Cl2NO3S/c15-9-3-4-10(16)11(7-9)21-8-12(18)17-14(13(19)20)5-1-2-6-14/h3-4,7H,1-2,5-6,8H2,(H,17,18)(H,19,20). The lowest BCUT2D eigenvalue weighted by atomic mass is 9.98. The molecule has 7 heteroatoms. The molecule has 0 radical (unpaired) electrons. The number of rotatable bonds is 5. The molecule has 2 N–H and O–H groups in total. The van der Waals surface area contributed by atoms with Crippen molar-refractivity contribution in [1.29, 1.82) is 0 Å². The summed E-state index contributed by atoms with van der Waals surface area (Å²) >= 11 is 13.1. The van der Waals surface area contributed by atoms with Gasteiger partial charge in [-0.2, -0.15) is 0 Å². The number of carbonyl (C=O) groups is 2. The first-order valence-electron chi connectivity index (χ1n) is 6.55. The van der Waals surface area contributed by atoms with Crippen LogP contribution < -0.4 is 5.32 Å². The van der Waals surface area contributed by atoms with Gasteiger partial charge >= 0.3 is 5.97 Å². The van der Waals surface area contributed by atoms with Gasteiger partial charge in [-0.25, -0.2) is 4.79 Å². The molecule has 0 unspecified atom stereocenters. The molecule has 1 aromatic rings. The van der Waals surface area contributed by atoms with Crippen LogP contribution in [0.15, 0.2) is 23.1 Å². The first-order valence-corrected chi connectivity index (χ1v) is 8.29. The molecule has 0 aromatic heterocycles. The Morgan fingerprint density at radius 1 is 1.29 bits per heavy atom. The summed E-state index contributed by atoms with van der Waals surface area (Å²) in [5, 5.41) is 13.0. The summed E-state index contributed by atoms with van der Waals surface area (Å²) in [7, 11) is 0. The Balaban J connectivity index is 1.96. The van der Waals surface area contributed by atoms with Gasteiger partial charge in [-0.3, -0.25) is 4.79 Å². The van der Waals surface area contributed by atoms with Crippen molar-refractivity contribution in [1.82, 2.24) is 5.32 Å². The first-order chi connectivity index (χ1) is 9.93. The van der Waals surface area contributed by atoms with Gasteiger partial charge < -0.3 is 10.4 Å². The fraction of sp³-hybridized carbons (Fsp3) is 0.429. The van der Waals surface area contributed by atoms with Crippen LogP contribution in [0.3, 0.4) is 0 Å². The summed E-state index contributed by atoms with van der Waals surface area (Å²) in [6.07, 6.45) is 2.60. The van der Waals surface area contributed by atoms with Crippen molar-refractivity contribution < 1.29 is 14.7 Å². The number of amides is 1. The predicted molar refractivity (Wildman–Crippen MR) is 84.2 cm³/mol. The molecule has 0 heterocycles. The second kappa shape index (κ2) is 6.90. The molecule has 1 saturated carbocycles. The van der Waals surface area contributed by atoms with Crippen molar-refractivity contribution in [3.8, 4) is 0 Å². The minimum absolute atomic E-state index is 0.106. The van der Waals surface area contributed by atoms with E-state index in [1.54, 1.807) is 18.2 Å². The Morgan fingerprint density at radius 2 is 1.95 bits per heavy atom. The Kier molecular flexibility index (Phi) is 5.41. The maximum Gasteiger partial charge on any atom is 0.329 e. The van der Waals surface area contributed by atoms with E-state index in [9.17, 15) is 14.7 Å². The van der Waals surface area contributed by atoms with Crippen LogP contribution in [0.25, 0.3) is 0 Å². The molecule has 114 valence electrons. The average molecular weight is 348 g/mol. The normalized spacial score (nSPS) is 16.7. The molecule has 0 spiro atoms. The summed E-state index contributed by atoms with van der Waals surface area (Å²) in [5.74, 6) is -1.16. The molecule has 0 atom stereocenters. The maximum absolute atomic E-state index is 12.0.